The van der Waals surface area contributed by atoms with Gasteiger partial charge in [0.15, 0.2) is 0 Å². The molecule has 0 spiro atoms. The van der Waals surface area contributed by atoms with Crippen LogP contribution in [0.2, 0.25) is 0 Å². The maximum absolute atomic E-state index is 11.6. The molecule has 4 heteroatoms. The molecule has 1 aromatic rings. The lowest BCUT2D eigenvalue weighted by atomic mass is 9.93. The molecule has 4 nitrogen and oxygen atoms in total. The fourth-order valence-corrected chi connectivity index (χ4v) is 3.21. The van der Waals surface area contributed by atoms with Gasteiger partial charge in [-0.3, -0.25) is 0 Å². The number of carbonyl (C=O) groups is 1. The maximum Gasteiger partial charge on any atom is 0.336 e. The molecule has 1 N–H and O–H groups in total. The highest BCUT2D eigenvalue weighted by Gasteiger charge is 2.19. The van der Waals surface area contributed by atoms with Crippen molar-refractivity contribution in [3.8, 4) is 22.5 Å². The first-order valence-electron chi connectivity index (χ1n) is 8.50. The third-order valence-electron chi connectivity index (χ3n) is 4.45. The second-order valence-electron chi connectivity index (χ2n) is 5.97. The summed E-state index contributed by atoms with van der Waals surface area (Å²) in [5.74, 6) is 0.584. The Labute approximate surface area is 147 Å². The molecule has 1 aliphatic heterocycles. The van der Waals surface area contributed by atoms with Crippen LogP contribution in [0.25, 0.3) is 22.5 Å². The van der Waals surface area contributed by atoms with E-state index in [9.17, 15) is 9.90 Å². The molecular formula is C21H22NO3+. The van der Waals surface area contributed by atoms with Gasteiger partial charge in [-0.25, -0.2) is 9.37 Å². The quantitative estimate of drug-likeness (QED) is 0.736. The first-order chi connectivity index (χ1) is 12.0. The van der Waals surface area contributed by atoms with Crippen LogP contribution in [0.5, 0.6) is 0 Å². The molecule has 0 saturated carbocycles. The number of fused-ring (bicyclic) bond motifs is 1. The van der Waals surface area contributed by atoms with E-state index in [1.165, 1.54) is 0 Å². The average Bonchev–Trinajstić information content (AvgIpc) is 2.61. The summed E-state index contributed by atoms with van der Waals surface area (Å²) in [5, 5.41) is 10.6. The zero-order valence-electron chi connectivity index (χ0n) is 14.7. The average molecular weight is 336 g/mol. The molecule has 0 fully saturated rings. The van der Waals surface area contributed by atoms with Crippen molar-refractivity contribution in [2.75, 3.05) is 13.1 Å². The number of hydrogen-bond acceptors (Lipinski definition) is 2. The number of carboxylic acid groups (broad SMARTS) is 1. The van der Waals surface area contributed by atoms with Crippen LogP contribution in [0, 0.1) is 6.92 Å². The molecule has 0 amide bonds. The van der Waals surface area contributed by atoms with Gasteiger partial charge >= 0.3 is 5.97 Å². The molecule has 0 atom stereocenters. The van der Waals surface area contributed by atoms with Gasteiger partial charge in [-0.15, -0.1) is 0 Å². The molecule has 128 valence electrons. The predicted octanol–water partition coefficient (Wildman–Crippen LogP) is 3.87. The maximum atomic E-state index is 11.6. The van der Waals surface area contributed by atoms with Gasteiger partial charge in [0.05, 0.1) is 11.6 Å². The largest absolute Gasteiger partial charge is 0.478 e. The van der Waals surface area contributed by atoms with Crippen molar-refractivity contribution in [3.05, 3.63) is 65.2 Å². The van der Waals surface area contributed by atoms with E-state index in [-0.39, 0.29) is 0 Å². The predicted molar refractivity (Wildman–Crippen MR) is 98.8 cm³/mol. The van der Waals surface area contributed by atoms with Gasteiger partial charge < -0.3 is 9.52 Å². The smallest absolute Gasteiger partial charge is 0.336 e. The van der Waals surface area contributed by atoms with E-state index in [2.05, 4.69) is 24.5 Å². The summed E-state index contributed by atoms with van der Waals surface area (Å²) in [6.45, 7) is 7.96. The fourth-order valence-electron chi connectivity index (χ4n) is 3.21. The van der Waals surface area contributed by atoms with Crippen molar-refractivity contribution < 1.29 is 14.3 Å². The van der Waals surface area contributed by atoms with E-state index in [1.807, 2.05) is 37.3 Å². The number of aromatic carboxylic acids is 1. The Hall–Kier alpha value is -2.88. The van der Waals surface area contributed by atoms with Gasteiger partial charge in [0.2, 0.25) is 5.36 Å². The normalized spacial score (nSPS) is 10.8. The third kappa shape index (κ3) is 3.20. The summed E-state index contributed by atoms with van der Waals surface area (Å²) < 4.78 is 8.18. The Balaban J connectivity index is 2.32. The lowest BCUT2D eigenvalue weighted by molar-refractivity contribution is 0.0697. The second kappa shape index (κ2) is 6.93. The third-order valence-corrected chi connectivity index (χ3v) is 4.45. The van der Waals surface area contributed by atoms with Gasteiger partial charge in [-0.2, -0.15) is 0 Å². The summed E-state index contributed by atoms with van der Waals surface area (Å²) in [6.07, 6.45) is 0. The molecule has 0 bridgehead atoms. The summed E-state index contributed by atoms with van der Waals surface area (Å²) in [5.41, 5.74) is 2.79. The molecule has 2 aliphatic rings. The van der Waals surface area contributed by atoms with E-state index >= 15 is 0 Å². The van der Waals surface area contributed by atoms with Gasteiger partial charge in [0.25, 0.3) is 0 Å². The van der Waals surface area contributed by atoms with Crippen LogP contribution in [0.1, 0.15) is 30.0 Å². The highest BCUT2D eigenvalue weighted by Crippen LogP contribution is 2.35. The molecular weight excluding hydrogens is 314 g/mol. The van der Waals surface area contributed by atoms with Crippen molar-refractivity contribution >= 4 is 5.97 Å². The van der Waals surface area contributed by atoms with Gasteiger partial charge in [0.1, 0.15) is 24.6 Å². The number of carboxylic acids is 1. The second-order valence-corrected chi connectivity index (χ2v) is 5.97. The molecule has 1 aromatic carbocycles. The minimum Gasteiger partial charge on any atom is -0.478 e. The van der Waals surface area contributed by atoms with E-state index < -0.39 is 5.97 Å². The standard InChI is InChI=1S/C21H21NO3/c1-4-22(5-2)15-10-11-17-19(12-14(3)25-20(17)13-15)16-8-6-7-9-18(16)21(23)24/h6-13H,4-5H2,1-3H3/p+1. The van der Waals surface area contributed by atoms with Crippen LogP contribution in [0.15, 0.2) is 52.9 Å². The van der Waals surface area contributed by atoms with Crippen molar-refractivity contribution in [1.82, 2.24) is 4.58 Å². The lowest BCUT2D eigenvalue weighted by Gasteiger charge is -2.14. The lowest BCUT2D eigenvalue weighted by Crippen LogP contribution is -2.29. The molecule has 1 aliphatic carbocycles. The first kappa shape index (κ1) is 17.0. The van der Waals surface area contributed by atoms with Crippen molar-refractivity contribution in [2.45, 2.75) is 20.8 Å². The minimum atomic E-state index is -0.929. The van der Waals surface area contributed by atoms with E-state index in [1.54, 1.807) is 12.1 Å². The van der Waals surface area contributed by atoms with E-state index in [0.29, 0.717) is 11.1 Å². The fraction of sp³-hybridized carbons (Fsp3) is 0.238. The number of rotatable bonds is 4. The minimum absolute atomic E-state index is 0.294. The summed E-state index contributed by atoms with van der Waals surface area (Å²) >= 11 is 0. The Morgan fingerprint density at radius 2 is 1.72 bits per heavy atom. The van der Waals surface area contributed by atoms with Gasteiger partial charge in [-0.05, 0) is 50.1 Å². The van der Waals surface area contributed by atoms with Crippen LogP contribution in [0.4, 0.5) is 0 Å². The number of nitrogens with zero attached hydrogens (tertiary/aromatic N) is 1. The van der Waals surface area contributed by atoms with E-state index in [0.717, 1.165) is 41.1 Å². The summed E-state index contributed by atoms with van der Waals surface area (Å²) in [4.78, 5) is 11.6. The molecule has 1 heterocycles. The number of benzene rings is 2. The molecule has 3 rings (SSSR count). The van der Waals surface area contributed by atoms with E-state index in [4.69, 9.17) is 4.42 Å². The van der Waals surface area contributed by atoms with Crippen LogP contribution < -0.4 is 9.93 Å². The van der Waals surface area contributed by atoms with Crippen molar-refractivity contribution in [3.63, 3.8) is 0 Å². The SMILES string of the molecule is CC[N+](CC)=c1ccc2c(-c3ccccc3C(=O)O)cc(C)oc-2c1. The van der Waals surface area contributed by atoms with Crippen LogP contribution in [-0.2, 0) is 0 Å². The number of aryl methyl sites for hydroxylation is 1. The topological polar surface area (TPSA) is 53.5 Å². The highest BCUT2D eigenvalue weighted by molar-refractivity contribution is 5.98. The van der Waals surface area contributed by atoms with Gasteiger partial charge in [-0.1, -0.05) is 18.2 Å². The molecule has 0 radical (unpaired) electrons. The molecule has 0 saturated heterocycles. The van der Waals surface area contributed by atoms with Gasteiger partial charge in [0, 0.05) is 11.6 Å². The van der Waals surface area contributed by atoms with Crippen LogP contribution >= 0.6 is 0 Å². The Morgan fingerprint density at radius 3 is 2.40 bits per heavy atom. The molecule has 0 aromatic heterocycles. The van der Waals surface area contributed by atoms with Crippen LogP contribution in [-0.4, -0.2) is 24.2 Å². The van der Waals surface area contributed by atoms with Crippen molar-refractivity contribution in [1.29, 1.82) is 0 Å². The number of hydrogen-bond donors (Lipinski definition) is 1. The highest BCUT2D eigenvalue weighted by atomic mass is 16.4. The summed E-state index contributed by atoms with van der Waals surface area (Å²) in [6, 6.07) is 15.1. The Kier molecular flexibility index (Phi) is 4.70. The molecule has 25 heavy (non-hydrogen) atoms. The summed E-state index contributed by atoms with van der Waals surface area (Å²) in [7, 11) is 0. The monoisotopic (exact) mass is 336 g/mol. The Morgan fingerprint density at radius 1 is 1.00 bits per heavy atom. The zero-order chi connectivity index (χ0) is 18.0. The zero-order valence-corrected chi connectivity index (χ0v) is 14.7. The van der Waals surface area contributed by atoms with Crippen LogP contribution in [0.3, 0.4) is 0 Å². The first-order valence-corrected chi connectivity index (χ1v) is 8.50. The molecule has 0 unspecified atom stereocenters. The van der Waals surface area contributed by atoms with Crippen molar-refractivity contribution in [2.24, 2.45) is 0 Å². The Bertz CT molecular complexity index is 963.